The zero-order valence-electron chi connectivity index (χ0n) is 16.2. The standard InChI is InChI=1S/C20H21N3O5S/c1-4-28-20(25)15-10-12-17(13-11-15)29(26,27)21-18-14(2)22(3)23(19(18)24)16-8-6-5-7-9-16/h5-13,21H,4H2,1-3H3. The largest absolute Gasteiger partial charge is 0.462 e. The summed E-state index contributed by atoms with van der Waals surface area (Å²) in [5.41, 5.74) is 0.805. The zero-order chi connectivity index (χ0) is 21.2. The normalized spacial score (nSPS) is 11.3. The summed E-state index contributed by atoms with van der Waals surface area (Å²) in [5, 5.41) is 0. The van der Waals surface area contributed by atoms with Gasteiger partial charge in [-0.25, -0.2) is 17.9 Å². The molecule has 0 amide bonds. The van der Waals surface area contributed by atoms with E-state index in [0.717, 1.165) is 0 Å². The van der Waals surface area contributed by atoms with E-state index < -0.39 is 21.6 Å². The van der Waals surface area contributed by atoms with Crippen LogP contribution in [0.5, 0.6) is 0 Å². The van der Waals surface area contributed by atoms with Gasteiger partial charge in [0.05, 0.1) is 28.4 Å². The number of benzene rings is 2. The summed E-state index contributed by atoms with van der Waals surface area (Å²) in [7, 11) is -2.35. The Balaban J connectivity index is 1.96. The number of hydrogen-bond acceptors (Lipinski definition) is 5. The molecule has 9 heteroatoms. The molecule has 0 radical (unpaired) electrons. The average molecular weight is 415 g/mol. The smallest absolute Gasteiger partial charge is 0.338 e. The first-order chi connectivity index (χ1) is 13.8. The van der Waals surface area contributed by atoms with Crippen molar-refractivity contribution in [2.24, 2.45) is 7.05 Å². The molecule has 0 aliphatic heterocycles. The van der Waals surface area contributed by atoms with Crippen molar-refractivity contribution in [2.45, 2.75) is 18.7 Å². The van der Waals surface area contributed by atoms with E-state index in [0.29, 0.717) is 11.4 Å². The molecule has 0 saturated carbocycles. The fraction of sp³-hybridized carbons (Fsp3) is 0.200. The second kappa shape index (κ2) is 7.96. The molecule has 2 aromatic carbocycles. The Labute approximate surface area is 168 Å². The molecular formula is C20H21N3O5S. The Morgan fingerprint density at radius 3 is 2.28 bits per heavy atom. The van der Waals surface area contributed by atoms with Crippen LogP contribution in [-0.4, -0.2) is 30.4 Å². The van der Waals surface area contributed by atoms with Gasteiger partial charge >= 0.3 is 5.97 Å². The van der Waals surface area contributed by atoms with E-state index in [9.17, 15) is 18.0 Å². The molecule has 3 rings (SSSR count). The van der Waals surface area contributed by atoms with Crippen molar-refractivity contribution < 1.29 is 17.9 Å². The number of anilines is 1. The maximum Gasteiger partial charge on any atom is 0.338 e. The summed E-state index contributed by atoms with van der Waals surface area (Å²) in [4.78, 5) is 24.5. The second-order valence-electron chi connectivity index (χ2n) is 6.29. The van der Waals surface area contributed by atoms with Crippen LogP contribution in [-0.2, 0) is 21.8 Å². The monoisotopic (exact) mass is 415 g/mol. The first-order valence-corrected chi connectivity index (χ1v) is 10.4. The second-order valence-corrected chi connectivity index (χ2v) is 7.97. The molecule has 152 valence electrons. The third-order valence-corrected chi connectivity index (χ3v) is 5.83. The van der Waals surface area contributed by atoms with Gasteiger partial charge in [0.15, 0.2) is 0 Å². The van der Waals surface area contributed by atoms with E-state index in [1.54, 1.807) is 49.8 Å². The maximum atomic E-state index is 12.9. The van der Waals surface area contributed by atoms with Crippen LogP contribution in [0.3, 0.4) is 0 Å². The van der Waals surface area contributed by atoms with Crippen LogP contribution in [0.15, 0.2) is 64.3 Å². The number of sulfonamides is 1. The molecule has 0 bridgehead atoms. The summed E-state index contributed by atoms with van der Waals surface area (Å²) in [6.07, 6.45) is 0. The lowest BCUT2D eigenvalue weighted by atomic mass is 10.2. The summed E-state index contributed by atoms with van der Waals surface area (Å²) in [6, 6.07) is 14.2. The quantitative estimate of drug-likeness (QED) is 0.624. The molecule has 1 heterocycles. The van der Waals surface area contributed by atoms with Crippen molar-refractivity contribution in [3.8, 4) is 5.69 Å². The van der Waals surface area contributed by atoms with E-state index >= 15 is 0 Å². The molecule has 0 aliphatic rings. The van der Waals surface area contributed by atoms with E-state index in [1.807, 2.05) is 6.07 Å². The third kappa shape index (κ3) is 3.95. The predicted octanol–water partition coefficient (Wildman–Crippen LogP) is 2.46. The van der Waals surface area contributed by atoms with Gasteiger partial charge in [-0.2, -0.15) is 0 Å². The highest BCUT2D eigenvalue weighted by Gasteiger charge is 2.22. The minimum Gasteiger partial charge on any atom is -0.462 e. The predicted molar refractivity (Wildman–Crippen MR) is 109 cm³/mol. The lowest BCUT2D eigenvalue weighted by molar-refractivity contribution is 0.0526. The lowest BCUT2D eigenvalue weighted by Crippen LogP contribution is -2.23. The van der Waals surface area contributed by atoms with Crippen LogP contribution in [0.1, 0.15) is 23.0 Å². The van der Waals surface area contributed by atoms with Crippen LogP contribution >= 0.6 is 0 Å². The molecule has 0 saturated heterocycles. The lowest BCUT2D eigenvalue weighted by Gasteiger charge is -2.08. The fourth-order valence-corrected chi connectivity index (χ4v) is 3.98. The summed E-state index contributed by atoms with van der Waals surface area (Å²) in [5.74, 6) is -0.533. The number of carbonyl (C=O) groups excluding carboxylic acids is 1. The van der Waals surface area contributed by atoms with E-state index in [2.05, 4.69) is 4.72 Å². The Hall–Kier alpha value is -3.33. The molecule has 0 unspecified atom stereocenters. The summed E-state index contributed by atoms with van der Waals surface area (Å²) < 4.78 is 35.8. The molecule has 0 spiro atoms. The first kappa shape index (κ1) is 20.4. The van der Waals surface area contributed by atoms with Gasteiger partial charge in [-0.3, -0.25) is 14.2 Å². The number of nitrogens with zero attached hydrogens (tertiary/aromatic N) is 2. The summed E-state index contributed by atoms with van der Waals surface area (Å²) >= 11 is 0. The Bertz CT molecular complexity index is 1190. The van der Waals surface area contributed by atoms with Crippen LogP contribution in [0.25, 0.3) is 5.69 Å². The van der Waals surface area contributed by atoms with E-state index in [1.165, 1.54) is 28.9 Å². The van der Waals surface area contributed by atoms with Crippen molar-refractivity contribution in [3.63, 3.8) is 0 Å². The SMILES string of the molecule is CCOC(=O)c1ccc(S(=O)(=O)Nc2c(C)n(C)n(-c3ccccc3)c2=O)cc1. The van der Waals surface area contributed by atoms with E-state index in [-0.39, 0.29) is 22.8 Å². The number of para-hydroxylation sites is 1. The van der Waals surface area contributed by atoms with Gasteiger partial charge in [0.2, 0.25) is 0 Å². The van der Waals surface area contributed by atoms with Gasteiger partial charge in [0, 0.05) is 7.05 Å². The number of hydrogen-bond donors (Lipinski definition) is 1. The Kier molecular flexibility index (Phi) is 5.60. The maximum absolute atomic E-state index is 12.9. The molecule has 1 N–H and O–H groups in total. The average Bonchev–Trinajstić information content (AvgIpc) is 2.92. The highest BCUT2D eigenvalue weighted by atomic mass is 32.2. The molecule has 1 aromatic heterocycles. The molecular weight excluding hydrogens is 394 g/mol. The Morgan fingerprint density at radius 2 is 1.69 bits per heavy atom. The van der Waals surface area contributed by atoms with Crippen molar-refractivity contribution in [1.29, 1.82) is 0 Å². The van der Waals surface area contributed by atoms with Crippen LogP contribution in [0.2, 0.25) is 0 Å². The molecule has 0 aliphatic carbocycles. The minimum atomic E-state index is -4.03. The van der Waals surface area contributed by atoms with Gasteiger partial charge < -0.3 is 4.74 Å². The number of aromatic nitrogens is 2. The fourth-order valence-electron chi connectivity index (χ4n) is 2.86. The van der Waals surface area contributed by atoms with Crippen molar-refractivity contribution in [2.75, 3.05) is 11.3 Å². The van der Waals surface area contributed by atoms with E-state index in [4.69, 9.17) is 4.74 Å². The Morgan fingerprint density at radius 1 is 1.07 bits per heavy atom. The number of nitrogens with one attached hydrogen (secondary N) is 1. The molecule has 3 aromatic rings. The molecule has 8 nitrogen and oxygen atoms in total. The van der Waals surface area contributed by atoms with Crippen LogP contribution in [0, 0.1) is 6.92 Å². The van der Waals surface area contributed by atoms with Gasteiger partial charge in [-0.1, -0.05) is 18.2 Å². The number of rotatable bonds is 6. The molecule has 29 heavy (non-hydrogen) atoms. The minimum absolute atomic E-state index is 0.0363. The van der Waals surface area contributed by atoms with Gasteiger partial charge in [-0.05, 0) is 50.2 Å². The zero-order valence-corrected chi connectivity index (χ0v) is 17.1. The van der Waals surface area contributed by atoms with Crippen molar-refractivity contribution in [1.82, 2.24) is 9.36 Å². The first-order valence-electron chi connectivity index (χ1n) is 8.90. The van der Waals surface area contributed by atoms with Crippen molar-refractivity contribution >= 4 is 21.7 Å². The highest BCUT2D eigenvalue weighted by molar-refractivity contribution is 7.92. The topological polar surface area (TPSA) is 99.4 Å². The van der Waals surface area contributed by atoms with Gasteiger partial charge in [0.25, 0.3) is 15.6 Å². The number of esters is 1. The van der Waals surface area contributed by atoms with Gasteiger partial charge in [-0.15, -0.1) is 0 Å². The summed E-state index contributed by atoms with van der Waals surface area (Å²) in [6.45, 7) is 3.56. The highest BCUT2D eigenvalue weighted by Crippen LogP contribution is 2.19. The van der Waals surface area contributed by atoms with Crippen molar-refractivity contribution in [3.05, 3.63) is 76.2 Å². The van der Waals surface area contributed by atoms with Gasteiger partial charge in [0.1, 0.15) is 5.69 Å². The molecule has 0 fully saturated rings. The third-order valence-electron chi connectivity index (χ3n) is 4.47. The number of ether oxygens (including phenoxy) is 1. The van der Waals surface area contributed by atoms with Crippen LogP contribution in [0.4, 0.5) is 5.69 Å². The molecule has 0 atom stereocenters. The van der Waals surface area contributed by atoms with Crippen LogP contribution < -0.4 is 10.3 Å². The number of carbonyl (C=O) groups is 1.